The van der Waals surface area contributed by atoms with Crippen molar-refractivity contribution < 1.29 is 33.6 Å². The number of hydrogen-bond acceptors (Lipinski definition) is 6. The van der Waals surface area contributed by atoms with Crippen LogP contribution in [-0.4, -0.2) is 45.6 Å². The molecule has 2 rings (SSSR count). The third kappa shape index (κ3) is 9.86. The highest BCUT2D eigenvalue weighted by molar-refractivity contribution is 7.38. The number of amides is 1. The number of esters is 1. The molecule has 1 aliphatic carbocycles. The molecule has 6 atom stereocenters. The summed E-state index contributed by atoms with van der Waals surface area (Å²) in [5, 5.41) is 11.8. The maximum absolute atomic E-state index is 13.2. The summed E-state index contributed by atoms with van der Waals surface area (Å²) in [7, 11) is -2.51. The summed E-state index contributed by atoms with van der Waals surface area (Å²) in [5.41, 5.74) is 0.654. The van der Waals surface area contributed by atoms with Crippen LogP contribution in [0.4, 0.5) is 4.79 Å². The van der Waals surface area contributed by atoms with Gasteiger partial charge in [-0.3, -0.25) is 14.3 Å². The Morgan fingerprint density at radius 3 is 2.50 bits per heavy atom. The van der Waals surface area contributed by atoms with E-state index in [1.165, 1.54) is 11.8 Å². The molecule has 2 N–H and O–H groups in total. The van der Waals surface area contributed by atoms with E-state index in [0.29, 0.717) is 47.0 Å². The van der Waals surface area contributed by atoms with Crippen LogP contribution in [0.2, 0.25) is 10.0 Å². The van der Waals surface area contributed by atoms with E-state index in [4.69, 9.17) is 32.7 Å². The molecule has 1 amide bonds. The highest BCUT2D eigenvalue weighted by Gasteiger charge is 2.32. The molecule has 0 aromatic heterocycles. The first-order valence-electron chi connectivity index (χ1n) is 12.5. The second-order valence-electron chi connectivity index (χ2n) is 9.50. The van der Waals surface area contributed by atoms with Gasteiger partial charge in [0.1, 0.15) is 6.23 Å². The first-order chi connectivity index (χ1) is 17.0. The maximum Gasteiger partial charge on any atom is 0.415 e. The smallest absolute Gasteiger partial charge is 0.415 e. The van der Waals surface area contributed by atoms with E-state index in [9.17, 15) is 24.2 Å². The minimum Gasteiger partial charge on any atom is -0.425 e. The molecular formula is C25H38Cl2NO7P. The van der Waals surface area contributed by atoms with Gasteiger partial charge in [0.15, 0.2) is 8.03 Å². The quantitative estimate of drug-likeness (QED) is 0.168. The Kier molecular flexibility index (Phi) is 13.0. The molecule has 204 valence electrons. The summed E-state index contributed by atoms with van der Waals surface area (Å²) in [6.45, 7) is 5.04. The van der Waals surface area contributed by atoms with E-state index in [1.54, 1.807) is 25.1 Å². The van der Waals surface area contributed by atoms with E-state index in [0.717, 1.165) is 25.7 Å². The van der Waals surface area contributed by atoms with Crippen molar-refractivity contribution in [1.29, 1.82) is 0 Å². The van der Waals surface area contributed by atoms with Crippen molar-refractivity contribution in [3.05, 3.63) is 33.8 Å². The highest BCUT2D eigenvalue weighted by atomic mass is 35.5. The lowest BCUT2D eigenvalue weighted by Gasteiger charge is -2.35. The van der Waals surface area contributed by atoms with Crippen molar-refractivity contribution in [3.63, 3.8) is 0 Å². The van der Waals surface area contributed by atoms with Crippen LogP contribution in [0.5, 0.6) is 0 Å². The number of rotatable bonds is 12. The van der Waals surface area contributed by atoms with Gasteiger partial charge in [0, 0.05) is 19.5 Å². The van der Waals surface area contributed by atoms with Crippen LogP contribution < -0.4 is 0 Å². The molecule has 0 radical (unpaired) electrons. The lowest BCUT2D eigenvalue weighted by molar-refractivity contribution is -0.168. The predicted molar refractivity (Wildman–Crippen MR) is 140 cm³/mol. The van der Waals surface area contributed by atoms with E-state index in [2.05, 4.69) is 0 Å². The summed E-state index contributed by atoms with van der Waals surface area (Å²) < 4.78 is 21.8. The second-order valence-corrected chi connectivity index (χ2v) is 11.5. The van der Waals surface area contributed by atoms with Crippen LogP contribution in [0.1, 0.15) is 83.7 Å². The summed E-state index contributed by atoms with van der Waals surface area (Å²) in [5.74, 6) is 0.0405. The van der Waals surface area contributed by atoms with Crippen molar-refractivity contribution in [2.45, 2.75) is 90.7 Å². The summed E-state index contributed by atoms with van der Waals surface area (Å²) in [6.07, 6.45) is 2.74. The molecule has 0 heterocycles. The van der Waals surface area contributed by atoms with E-state index in [1.807, 2.05) is 6.92 Å². The number of benzene rings is 1. The molecule has 0 aliphatic heterocycles. The number of nitrogens with zero attached hydrogens (tertiary/aromatic N) is 1. The van der Waals surface area contributed by atoms with Gasteiger partial charge in [0.2, 0.25) is 6.29 Å². The molecule has 0 bridgehead atoms. The topological polar surface area (TPSA) is 113 Å². The fourth-order valence-electron chi connectivity index (χ4n) is 4.77. The maximum atomic E-state index is 13.2. The third-order valence-corrected chi connectivity index (χ3v) is 8.25. The molecule has 5 unspecified atom stereocenters. The molecule has 1 aromatic rings. The Labute approximate surface area is 224 Å². The number of hydrogen-bond donors (Lipinski definition) is 2. The lowest BCUT2D eigenvalue weighted by atomic mass is 9.80. The Morgan fingerprint density at radius 1 is 1.17 bits per heavy atom. The van der Waals surface area contributed by atoms with Crippen LogP contribution in [0.25, 0.3) is 0 Å². The lowest BCUT2D eigenvalue weighted by Crippen LogP contribution is -2.44. The van der Waals surface area contributed by atoms with Gasteiger partial charge in [-0.15, -0.1) is 0 Å². The van der Waals surface area contributed by atoms with Gasteiger partial charge in [-0.25, -0.2) is 4.79 Å². The van der Waals surface area contributed by atoms with Crippen molar-refractivity contribution in [3.8, 4) is 0 Å². The van der Waals surface area contributed by atoms with Crippen molar-refractivity contribution in [1.82, 2.24) is 4.90 Å². The van der Waals surface area contributed by atoms with Crippen LogP contribution >= 0.6 is 31.2 Å². The number of aliphatic hydroxyl groups excluding tert-OH is 1. The van der Waals surface area contributed by atoms with Gasteiger partial charge in [0.25, 0.3) is 0 Å². The highest BCUT2D eigenvalue weighted by Crippen LogP contribution is 2.37. The Balaban J connectivity index is 2.13. The number of ether oxygens (including phenoxy) is 2. The van der Waals surface area contributed by atoms with Gasteiger partial charge >= 0.3 is 12.1 Å². The first-order valence-corrected chi connectivity index (χ1v) is 14.9. The number of halogens is 2. The van der Waals surface area contributed by atoms with E-state index >= 15 is 0 Å². The Bertz CT molecular complexity index is 903. The molecule has 1 fully saturated rings. The van der Waals surface area contributed by atoms with Gasteiger partial charge in [-0.1, -0.05) is 49.0 Å². The van der Waals surface area contributed by atoms with Crippen molar-refractivity contribution in [2.75, 3.05) is 6.16 Å². The Morgan fingerprint density at radius 2 is 1.86 bits per heavy atom. The number of carbonyl (C=O) groups excluding carboxylic acids is 2. The van der Waals surface area contributed by atoms with E-state index < -0.39 is 38.7 Å². The van der Waals surface area contributed by atoms with Crippen LogP contribution in [0.15, 0.2) is 18.2 Å². The minimum atomic E-state index is -2.51. The third-order valence-electron chi connectivity index (χ3n) is 6.58. The molecule has 1 saturated carbocycles. The average molecular weight is 566 g/mol. The number of carbonyl (C=O) groups is 2. The van der Waals surface area contributed by atoms with Crippen LogP contribution in [-0.2, 0) is 18.8 Å². The molecule has 36 heavy (non-hydrogen) atoms. The summed E-state index contributed by atoms with van der Waals surface area (Å²) in [6, 6.07) is 4.37. The zero-order chi connectivity index (χ0) is 26.8. The van der Waals surface area contributed by atoms with Gasteiger partial charge < -0.3 is 19.5 Å². The normalized spacial score (nSPS) is 21.2. The fraction of sp³-hybridized carbons (Fsp3) is 0.680. The average Bonchev–Trinajstić information content (AvgIpc) is 2.79. The molecule has 1 aliphatic rings. The zero-order valence-corrected chi connectivity index (χ0v) is 23.6. The summed E-state index contributed by atoms with van der Waals surface area (Å²) in [4.78, 5) is 35.5. The van der Waals surface area contributed by atoms with Gasteiger partial charge in [-0.05, 0) is 68.6 Å². The fourth-order valence-corrected chi connectivity index (χ4v) is 5.94. The molecule has 0 spiro atoms. The second kappa shape index (κ2) is 15.2. The van der Waals surface area contributed by atoms with Crippen molar-refractivity contribution in [2.24, 2.45) is 11.8 Å². The molecule has 11 heteroatoms. The largest absolute Gasteiger partial charge is 0.425 e. The van der Waals surface area contributed by atoms with Crippen LogP contribution in [0.3, 0.4) is 0 Å². The SMILES string of the molecule is CCCC(=O)OC(C)OC(=O)N(C(O)CCC1CCCC(C[PH](=O)O)C1)[C@@H](C)c1ccc(Cl)c(Cl)c1. The molecule has 8 nitrogen and oxygen atoms in total. The van der Waals surface area contributed by atoms with Crippen LogP contribution in [0, 0.1) is 11.8 Å². The standard InChI is InChI=1S/C25H38Cl2NO7P/c1-4-6-24(30)34-17(3)35-25(31)28(16(2)20-10-11-21(26)22(27)14-20)23(29)12-9-18-7-5-8-19(13-18)15-36(32)33/h10-11,14,16-19,23,29,36H,4-9,12-13,15H2,1-3H3,(H,32,33)/t16-,17?,18?,19?,23?/m0/s1. The van der Waals surface area contributed by atoms with Crippen molar-refractivity contribution >= 4 is 43.3 Å². The predicted octanol–water partition coefficient (Wildman–Crippen LogP) is 6.55. The van der Waals surface area contributed by atoms with Gasteiger partial charge in [0.05, 0.1) is 16.1 Å². The minimum absolute atomic E-state index is 0.210. The first kappa shape index (κ1) is 30.9. The monoisotopic (exact) mass is 565 g/mol. The molecule has 0 saturated heterocycles. The Hall–Kier alpha value is -1.31. The van der Waals surface area contributed by atoms with E-state index in [-0.39, 0.29) is 12.3 Å². The number of aliphatic hydroxyl groups is 1. The molecular weight excluding hydrogens is 528 g/mol. The zero-order valence-electron chi connectivity index (χ0n) is 21.1. The van der Waals surface area contributed by atoms with Gasteiger partial charge in [-0.2, -0.15) is 0 Å². The summed E-state index contributed by atoms with van der Waals surface area (Å²) >= 11 is 12.2. The molecule has 1 aromatic carbocycles.